The maximum absolute atomic E-state index is 13.9. The molecule has 0 spiro atoms. The molecule has 1 unspecified atom stereocenters. The molecular weight excluding hydrogens is 468 g/mol. The van der Waals surface area contributed by atoms with Crippen LogP contribution >= 0.6 is 11.3 Å². The molecule has 5 aromatic rings. The first-order valence-corrected chi connectivity index (χ1v) is 12.5. The van der Waals surface area contributed by atoms with Gasteiger partial charge in [0.25, 0.3) is 11.8 Å². The smallest absolute Gasteiger partial charge is 0.272 e. The Balaban J connectivity index is 1.44. The number of nitrogens with zero attached hydrogens (tertiary/aromatic N) is 2. The summed E-state index contributed by atoms with van der Waals surface area (Å²) in [5.74, 6) is -0.672. The molecule has 0 radical (unpaired) electrons. The minimum Gasteiger partial charge on any atom is -0.351 e. The van der Waals surface area contributed by atoms with Crippen molar-refractivity contribution in [2.75, 3.05) is 4.90 Å². The zero-order valence-corrected chi connectivity index (χ0v) is 20.0. The quantitative estimate of drug-likeness (QED) is 0.348. The number of amides is 2. The SMILES string of the molecule is O=C(NC1N=C(c2ccccc2)c2ccccc2N(Cc2cccs2)C1=O)c1cc2ccccc2[nH]1. The van der Waals surface area contributed by atoms with Crippen LogP contribution in [0.3, 0.4) is 0 Å². The lowest BCUT2D eigenvalue weighted by Gasteiger charge is -2.25. The van der Waals surface area contributed by atoms with Crippen molar-refractivity contribution in [1.82, 2.24) is 10.3 Å². The van der Waals surface area contributed by atoms with Crippen molar-refractivity contribution in [3.05, 3.63) is 124 Å². The Morgan fingerprint density at radius 3 is 2.53 bits per heavy atom. The molecule has 0 saturated carbocycles. The maximum atomic E-state index is 13.9. The van der Waals surface area contributed by atoms with E-state index in [0.29, 0.717) is 18.0 Å². The Kier molecular flexibility index (Phi) is 5.67. The second kappa shape index (κ2) is 9.28. The van der Waals surface area contributed by atoms with E-state index < -0.39 is 6.17 Å². The number of hydrogen-bond acceptors (Lipinski definition) is 4. The summed E-state index contributed by atoms with van der Waals surface area (Å²) in [4.78, 5) is 38.0. The highest BCUT2D eigenvalue weighted by atomic mass is 32.1. The van der Waals surface area contributed by atoms with Gasteiger partial charge in [-0.15, -0.1) is 11.3 Å². The van der Waals surface area contributed by atoms with Gasteiger partial charge in [0.05, 0.1) is 17.9 Å². The molecule has 2 amide bonds. The Morgan fingerprint density at radius 2 is 1.72 bits per heavy atom. The molecule has 0 aliphatic carbocycles. The predicted molar refractivity (Wildman–Crippen MR) is 144 cm³/mol. The van der Waals surface area contributed by atoms with Crippen LogP contribution in [-0.4, -0.2) is 28.7 Å². The molecule has 0 bridgehead atoms. The number of carbonyl (C=O) groups excluding carboxylic acids is 2. The van der Waals surface area contributed by atoms with E-state index in [-0.39, 0.29) is 11.8 Å². The Labute approximate surface area is 211 Å². The highest BCUT2D eigenvalue weighted by molar-refractivity contribution is 7.09. The van der Waals surface area contributed by atoms with Crippen molar-refractivity contribution >= 4 is 45.5 Å². The second-order valence-electron chi connectivity index (χ2n) is 8.51. The summed E-state index contributed by atoms with van der Waals surface area (Å²) in [6, 6.07) is 30.9. The summed E-state index contributed by atoms with van der Waals surface area (Å²) >= 11 is 1.59. The molecule has 2 aromatic heterocycles. The Hall–Kier alpha value is -4.49. The Bertz CT molecular complexity index is 1560. The van der Waals surface area contributed by atoms with Crippen LogP contribution in [0, 0.1) is 0 Å². The molecule has 3 heterocycles. The summed E-state index contributed by atoms with van der Waals surface area (Å²) in [5, 5.41) is 5.80. The second-order valence-corrected chi connectivity index (χ2v) is 9.54. The largest absolute Gasteiger partial charge is 0.351 e. The summed E-state index contributed by atoms with van der Waals surface area (Å²) in [6.45, 7) is 0.393. The number of carbonyl (C=O) groups is 2. The lowest BCUT2D eigenvalue weighted by Crippen LogP contribution is -2.47. The number of benzene rings is 3. The number of aromatic amines is 1. The van der Waals surface area contributed by atoms with Crippen LogP contribution in [0.1, 0.15) is 26.5 Å². The lowest BCUT2D eigenvalue weighted by molar-refractivity contribution is -0.120. The highest BCUT2D eigenvalue weighted by Crippen LogP contribution is 2.30. The lowest BCUT2D eigenvalue weighted by atomic mass is 10.0. The minimum atomic E-state index is -1.09. The van der Waals surface area contributed by atoms with Gasteiger partial charge in [0.2, 0.25) is 6.17 Å². The van der Waals surface area contributed by atoms with E-state index in [4.69, 9.17) is 4.99 Å². The van der Waals surface area contributed by atoms with Crippen LogP contribution in [0.5, 0.6) is 0 Å². The molecular formula is C29H22N4O2S. The molecule has 0 saturated heterocycles. The molecule has 3 aromatic carbocycles. The predicted octanol–water partition coefficient (Wildman–Crippen LogP) is 5.37. The van der Waals surface area contributed by atoms with E-state index in [2.05, 4.69) is 10.3 Å². The first-order chi connectivity index (χ1) is 17.7. The van der Waals surface area contributed by atoms with Crippen LogP contribution in [0.4, 0.5) is 5.69 Å². The highest BCUT2D eigenvalue weighted by Gasteiger charge is 2.33. The van der Waals surface area contributed by atoms with Gasteiger partial charge in [-0.1, -0.05) is 72.8 Å². The van der Waals surface area contributed by atoms with Crippen molar-refractivity contribution in [3.8, 4) is 0 Å². The molecule has 36 heavy (non-hydrogen) atoms. The molecule has 6 rings (SSSR count). The molecule has 7 heteroatoms. The number of thiophene rings is 1. The van der Waals surface area contributed by atoms with Crippen molar-refractivity contribution in [1.29, 1.82) is 0 Å². The van der Waals surface area contributed by atoms with Gasteiger partial charge in [0, 0.05) is 26.9 Å². The van der Waals surface area contributed by atoms with Gasteiger partial charge < -0.3 is 15.2 Å². The summed E-state index contributed by atoms with van der Waals surface area (Å²) in [7, 11) is 0. The molecule has 1 atom stereocenters. The summed E-state index contributed by atoms with van der Waals surface area (Å²) in [6.07, 6.45) is -1.09. The number of nitrogens with one attached hydrogen (secondary N) is 2. The number of anilines is 1. The first kappa shape index (κ1) is 22.0. The van der Waals surface area contributed by atoms with E-state index in [9.17, 15) is 9.59 Å². The average molecular weight is 491 g/mol. The molecule has 0 fully saturated rings. The van der Waals surface area contributed by atoms with Gasteiger partial charge >= 0.3 is 0 Å². The fourth-order valence-corrected chi connectivity index (χ4v) is 5.16. The van der Waals surface area contributed by atoms with Crippen LogP contribution in [-0.2, 0) is 11.3 Å². The van der Waals surface area contributed by atoms with Crippen molar-refractivity contribution in [2.24, 2.45) is 4.99 Å². The maximum Gasteiger partial charge on any atom is 0.272 e. The fraction of sp³-hybridized carbons (Fsp3) is 0.0690. The number of H-pyrrole nitrogens is 1. The summed E-state index contributed by atoms with van der Waals surface area (Å²) in [5.41, 5.74) is 4.38. The zero-order chi connectivity index (χ0) is 24.5. The van der Waals surface area contributed by atoms with Crippen LogP contribution in [0.25, 0.3) is 10.9 Å². The van der Waals surface area contributed by atoms with Crippen molar-refractivity contribution in [3.63, 3.8) is 0 Å². The normalized spacial score (nSPS) is 15.3. The number of aromatic nitrogens is 1. The van der Waals surface area contributed by atoms with Gasteiger partial charge in [0.15, 0.2) is 0 Å². The van der Waals surface area contributed by atoms with Crippen molar-refractivity contribution < 1.29 is 9.59 Å². The van der Waals surface area contributed by atoms with Gasteiger partial charge in [-0.2, -0.15) is 0 Å². The molecule has 2 N–H and O–H groups in total. The standard InChI is InChI=1S/C29H22N4O2S/c34-28(24-17-20-11-4-6-14-23(20)30-24)32-27-29(35)33(18-21-12-8-16-36-21)25-15-7-5-13-22(25)26(31-27)19-9-2-1-3-10-19/h1-17,27,30H,18H2,(H,32,34). The Morgan fingerprint density at radius 1 is 0.944 bits per heavy atom. The van der Waals surface area contributed by atoms with Gasteiger partial charge in [-0.3, -0.25) is 9.59 Å². The van der Waals surface area contributed by atoms with Crippen LogP contribution < -0.4 is 10.2 Å². The number of benzodiazepines with no additional fused rings is 1. The third kappa shape index (κ3) is 4.10. The van der Waals surface area contributed by atoms with Gasteiger partial charge in [-0.05, 0) is 29.6 Å². The fourth-order valence-electron chi connectivity index (χ4n) is 4.47. The van der Waals surface area contributed by atoms with E-state index in [1.807, 2.05) is 96.4 Å². The van der Waals surface area contributed by atoms with Gasteiger partial charge in [-0.25, -0.2) is 4.99 Å². The van der Waals surface area contributed by atoms with Crippen molar-refractivity contribution in [2.45, 2.75) is 12.7 Å². The van der Waals surface area contributed by atoms with Gasteiger partial charge in [0.1, 0.15) is 5.69 Å². The van der Waals surface area contributed by atoms with E-state index in [0.717, 1.165) is 32.6 Å². The van der Waals surface area contributed by atoms with E-state index in [1.165, 1.54) is 0 Å². The first-order valence-electron chi connectivity index (χ1n) is 11.6. The van der Waals surface area contributed by atoms with E-state index in [1.54, 1.807) is 22.3 Å². The molecule has 1 aliphatic rings. The number of para-hydroxylation sites is 2. The third-order valence-corrected chi connectivity index (χ3v) is 7.05. The average Bonchev–Trinajstić information content (AvgIpc) is 3.58. The number of fused-ring (bicyclic) bond motifs is 2. The van der Waals surface area contributed by atoms with Crippen LogP contribution in [0.2, 0.25) is 0 Å². The van der Waals surface area contributed by atoms with Crippen LogP contribution in [0.15, 0.2) is 107 Å². The zero-order valence-electron chi connectivity index (χ0n) is 19.2. The monoisotopic (exact) mass is 490 g/mol. The minimum absolute atomic E-state index is 0.286. The summed E-state index contributed by atoms with van der Waals surface area (Å²) < 4.78 is 0. The molecule has 176 valence electrons. The number of aliphatic imine (C=N–C) groups is 1. The molecule has 1 aliphatic heterocycles. The topological polar surface area (TPSA) is 77.6 Å². The number of hydrogen-bond donors (Lipinski definition) is 2. The molecule has 6 nitrogen and oxygen atoms in total. The third-order valence-electron chi connectivity index (χ3n) is 6.19. The number of rotatable bonds is 5. The van der Waals surface area contributed by atoms with E-state index >= 15 is 0 Å².